The molecule has 0 N–H and O–H groups in total. The fourth-order valence-electron chi connectivity index (χ4n) is 3.17. The van der Waals surface area contributed by atoms with E-state index in [-0.39, 0.29) is 0 Å². The minimum atomic E-state index is 0.567. The maximum absolute atomic E-state index is 5.44. The summed E-state index contributed by atoms with van der Waals surface area (Å²) in [6, 6.07) is 1.29. The first-order valence-corrected chi connectivity index (χ1v) is 7.63. The van der Waals surface area contributed by atoms with Gasteiger partial charge in [0.2, 0.25) is 0 Å². The van der Waals surface area contributed by atoms with Gasteiger partial charge >= 0.3 is 0 Å². The molecule has 100 valence electrons. The Morgan fingerprint density at radius 2 is 2.00 bits per heavy atom. The van der Waals surface area contributed by atoms with Gasteiger partial charge in [-0.15, -0.1) is 0 Å². The van der Waals surface area contributed by atoms with Gasteiger partial charge in [-0.3, -0.25) is 9.58 Å². The first kappa shape index (κ1) is 12.6. The Kier molecular flexibility index (Phi) is 4.01. The molecule has 1 saturated carbocycles. The quantitative estimate of drug-likeness (QED) is 0.840. The zero-order valence-corrected chi connectivity index (χ0v) is 12.2. The van der Waals surface area contributed by atoms with Gasteiger partial charge in [-0.05, 0) is 41.6 Å². The van der Waals surface area contributed by atoms with Gasteiger partial charge in [0.05, 0.1) is 29.9 Å². The number of hydrogen-bond acceptors (Lipinski definition) is 3. The van der Waals surface area contributed by atoms with Crippen LogP contribution in [0.25, 0.3) is 0 Å². The molecule has 1 aromatic heterocycles. The van der Waals surface area contributed by atoms with Gasteiger partial charge in [0.15, 0.2) is 0 Å². The number of nitrogens with zero attached hydrogens (tertiary/aromatic N) is 3. The third-order valence-electron chi connectivity index (χ3n) is 4.13. The van der Waals surface area contributed by atoms with Crippen LogP contribution < -0.4 is 0 Å². The number of halogens is 1. The van der Waals surface area contributed by atoms with Gasteiger partial charge in [-0.1, -0.05) is 0 Å². The lowest BCUT2D eigenvalue weighted by molar-refractivity contribution is 0.00313. The molecular formula is C13H20BrN3O. The van der Waals surface area contributed by atoms with Crippen molar-refractivity contribution in [2.75, 3.05) is 26.3 Å². The minimum absolute atomic E-state index is 0.567. The Bertz CT molecular complexity index is 389. The van der Waals surface area contributed by atoms with Crippen LogP contribution in [0.4, 0.5) is 0 Å². The lowest BCUT2D eigenvalue weighted by Gasteiger charge is -2.39. The fraction of sp³-hybridized carbons (Fsp3) is 0.769. The van der Waals surface area contributed by atoms with Crippen LogP contribution in [0.5, 0.6) is 0 Å². The normalized spacial score (nSPS) is 30.5. The molecule has 0 bridgehead atoms. The number of ether oxygens (including phenoxy) is 1. The van der Waals surface area contributed by atoms with Crippen molar-refractivity contribution in [1.82, 2.24) is 14.7 Å². The minimum Gasteiger partial charge on any atom is -0.379 e. The van der Waals surface area contributed by atoms with Crippen molar-refractivity contribution >= 4 is 15.9 Å². The lowest BCUT2D eigenvalue weighted by atomic mass is 9.90. The largest absolute Gasteiger partial charge is 0.379 e. The molecule has 18 heavy (non-hydrogen) atoms. The molecule has 0 radical (unpaired) electrons. The van der Waals surface area contributed by atoms with Crippen LogP contribution in [0.3, 0.4) is 0 Å². The Balaban J connectivity index is 1.64. The van der Waals surface area contributed by atoms with Crippen LogP contribution >= 0.6 is 15.9 Å². The Hall–Kier alpha value is -0.390. The van der Waals surface area contributed by atoms with Gasteiger partial charge in [0.25, 0.3) is 0 Å². The van der Waals surface area contributed by atoms with Crippen molar-refractivity contribution in [2.24, 2.45) is 0 Å². The molecule has 0 aromatic carbocycles. The van der Waals surface area contributed by atoms with Gasteiger partial charge in [0, 0.05) is 25.3 Å². The molecule has 2 atom stereocenters. The predicted octanol–water partition coefficient (Wildman–Crippen LogP) is 2.46. The molecule has 0 unspecified atom stereocenters. The summed E-state index contributed by atoms with van der Waals surface area (Å²) in [6.07, 6.45) is 9.12. The summed E-state index contributed by atoms with van der Waals surface area (Å²) in [5.41, 5.74) is 0. The Labute approximate surface area is 116 Å². The SMILES string of the molecule is Brc1cnn([C@@H]2CCC[C@@H](N3CCOCC3)C2)c1. The molecule has 2 fully saturated rings. The highest BCUT2D eigenvalue weighted by molar-refractivity contribution is 9.10. The van der Waals surface area contributed by atoms with Crippen LogP contribution in [0, 0.1) is 0 Å². The van der Waals surface area contributed by atoms with Crippen LogP contribution in [0.2, 0.25) is 0 Å². The van der Waals surface area contributed by atoms with E-state index >= 15 is 0 Å². The first-order valence-electron chi connectivity index (χ1n) is 6.84. The molecule has 1 aliphatic carbocycles. The summed E-state index contributed by atoms with van der Waals surface area (Å²) in [4.78, 5) is 2.61. The average Bonchev–Trinajstić information content (AvgIpc) is 2.87. The summed E-state index contributed by atoms with van der Waals surface area (Å²) < 4.78 is 8.66. The highest BCUT2D eigenvalue weighted by atomic mass is 79.9. The molecular weight excluding hydrogens is 294 g/mol. The summed E-state index contributed by atoms with van der Waals surface area (Å²) in [5.74, 6) is 0. The summed E-state index contributed by atoms with van der Waals surface area (Å²) in [6.45, 7) is 3.99. The topological polar surface area (TPSA) is 30.3 Å². The van der Waals surface area contributed by atoms with E-state index < -0.39 is 0 Å². The third-order valence-corrected chi connectivity index (χ3v) is 4.53. The molecule has 4 nitrogen and oxygen atoms in total. The highest BCUT2D eigenvalue weighted by Crippen LogP contribution is 2.31. The van der Waals surface area contributed by atoms with E-state index in [1.54, 1.807) is 0 Å². The van der Waals surface area contributed by atoms with Gasteiger partial charge in [-0.25, -0.2) is 0 Å². The van der Waals surface area contributed by atoms with Crippen molar-refractivity contribution in [3.8, 4) is 0 Å². The van der Waals surface area contributed by atoms with Crippen molar-refractivity contribution < 1.29 is 4.74 Å². The maximum Gasteiger partial charge on any atom is 0.0632 e. The number of morpholine rings is 1. The molecule has 1 aliphatic heterocycles. The molecule has 0 amide bonds. The standard InChI is InChI=1S/C13H20BrN3O/c14-11-9-15-17(10-11)13-3-1-2-12(8-13)16-4-6-18-7-5-16/h9-10,12-13H,1-8H2/t12-,13-/m1/s1. The molecule has 1 aromatic rings. The van der Waals surface area contributed by atoms with Crippen molar-refractivity contribution in [3.63, 3.8) is 0 Å². The van der Waals surface area contributed by atoms with Crippen LogP contribution in [-0.4, -0.2) is 47.0 Å². The second kappa shape index (κ2) is 5.72. The zero-order chi connectivity index (χ0) is 12.4. The molecule has 0 spiro atoms. The Morgan fingerprint density at radius 3 is 2.72 bits per heavy atom. The number of aromatic nitrogens is 2. The molecule has 5 heteroatoms. The van der Waals surface area contributed by atoms with E-state index in [0.29, 0.717) is 6.04 Å². The van der Waals surface area contributed by atoms with Crippen LogP contribution in [0.15, 0.2) is 16.9 Å². The van der Waals surface area contributed by atoms with E-state index in [1.165, 1.54) is 25.7 Å². The van der Waals surface area contributed by atoms with Gasteiger partial charge in [-0.2, -0.15) is 5.10 Å². The first-order chi connectivity index (χ1) is 8.83. The second-order valence-electron chi connectivity index (χ2n) is 5.26. The van der Waals surface area contributed by atoms with Crippen molar-refractivity contribution in [3.05, 3.63) is 16.9 Å². The van der Waals surface area contributed by atoms with E-state index in [1.807, 2.05) is 6.20 Å². The third kappa shape index (κ3) is 2.78. The average molecular weight is 314 g/mol. The molecule has 2 heterocycles. The number of rotatable bonds is 2. The second-order valence-corrected chi connectivity index (χ2v) is 6.18. The van der Waals surface area contributed by atoms with E-state index in [9.17, 15) is 0 Å². The van der Waals surface area contributed by atoms with Gasteiger partial charge < -0.3 is 4.74 Å². The van der Waals surface area contributed by atoms with E-state index in [0.717, 1.165) is 36.8 Å². The Morgan fingerprint density at radius 1 is 1.22 bits per heavy atom. The van der Waals surface area contributed by atoms with E-state index in [4.69, 9.17) is 4.74 Å². The molecule has 3 rings (SSSR count). The monoisotopic (exact) mass is 313 g/mol. The molecule has 1 saturated heterocycles. The summed E-state index contributed by atoms with van der Waals surface area (Å²) in [5, 5.41) is 4.45. The predicted molar refractivity (Wildman–Crippen MR) is 73.6 cm³/mol. The highest BCUT2D eigenvalue weighted by Gasteiger charge is 2.28. The van der Waals surface area contributed by atoms with Crippen LogP contribution in [-0.2, 0) is 4.74 Å². The maximum atomic E-state index is 5.44. The van der Waals surface area contributed by atoms with E-state index in [2.05, 4.69) is 36.8 Å². The van der Waals surface area contributed by atoms with Crippen molar-refractivity contribution in [2.45, 2.75) is 37.8 Å². The fourth-order valence-corrected chi connectivity index (χ4v) is 3.47. The van der Waals surface area contributed by atoms with Gasteiger partial charge in [0.1, 0.15) is 0 Å². The lowest BCUT2D eigenvalue weighted by Crippen LogP contribution is -2.45. The summed E-state index contributed by atoms with van der Waals surface area (Å²) in [7, 11) is 0. The summed E-state index contributed by atoms with van der Waals surface area (Å²) >= 11 is 3.48. The number of hydrogen-bond donors (Lipinski definition) is 0. The zero-order valence-electron chi connectivity index (χ0n) is 10.6. The molecule has 2 aliphatic rings. The smallest absolute Gasteiger partial charge is 0.0632 e. The van der Waals surface area contributed by atoms with Crippen LogP contribution in [0.1, 0.15) is 31.7 Å². The van der Waals surface area contributed by atoms with Crippen molar-refractivity contribution in [1.29, 1.82) is 0 Å².